The predicted molar refractivity (Wildman–Crippen MR) is 163 cm³/mol. The van der Waals surface area contributed by atoms with Crippen molar-refractivity contribution < 1.29 is 22.4 Å². The number of aromatic nitrogens is 4. The van der Waals surface area contributed by atoms with Crippen LogP contribution in [0.15, 0.2) is 101 Å². The Bertz CT molecular complexity index is 1830. The zero-order valence-electron chi connectivity index (χ0n) is 23.4. The van der Waals surface area contributed by atoms with Crippen LogP contribution in [0.3, 0.4) is 0 Å². The monoisotopic (exact) mass is 653 g/mol. The van der Waals surface area contributed by atoms with Gasteiger partial charge in [-0.15, -0.1) is 0 Å². The second kappa shape index (κ2) is 14.0. The first-order valence-corrected chi connectivity index (χ1v) is 14.9. The van der Waals surface area contributed by atoms with Gasteiger partial charge in [0.05, 0.1) is 0 Å². The van der Waals surface area contributed by atoms with Gasteiger partial charge in [-0.25, -0.2) is 14.4 Å². The molecule has 2 aromatic heterocycles. The van der Waals surface area contributed by atoms with Crippen LogP contribution in [-0.4, -0.2) is 25.4 Å². The molecule has 0 saturated carbocycles. The Labute approximate surface area is 264 Å². The molecule has 3 aromatic carbocycles. The molecule has 0 aliphatic rings. The number of rotatable bonds is 10. The lowest BCUT2D eigenvalue weighted by Crippen LogP contribution is -2.29. The Hall–Kier alpha value is -4.55. The molecule has 0 saturated heterocycles. The number of nitrogens with one attached hydrogen (secondary N) is 1. The maximum atomic E-state index is 13.3. The lowest BCUT2D eigenvalue weighted by atomic mass is 10.0. The molecule has 1 amide bonds. The van der Waals surface area contributed by atoms with E-state index in [0.29, 0.717) is 10.8 Å². The third kappa shape index (κ3) is 8.77. The Balaban J connectivity index is 1.31. The number of amides is 1. The molecule has 0 unspecified atom stereocenters. The van der Waals surface area contributed by atoms with E-state index in [-0.39, 0.29) is 47.5 Å². The molecule has 5 rings (SSSR count). The normalized spacial score (nSPS) is 11.4. The van der Waals surface area contributed by atoms with E-state index in [2.05, 4.69) is 20.3 Å². The Morgan fingerprint density at radius 3 is 2.09 bits per heavy atom. The average molecular weight is 654 g/mol. The zero-order valence-corrected chi connectivity index (χ0v) is 25.0. The van der Waals surface area contributed by atoms with Crippen LogP contribution in [0, 0.1) is 5.82 Å². The van der Waals surface area contributed by atoms with E-state index in [0.717, 1.165) is 34.6 Å². The van der Waals surface area contributed by atoms with E-state index in [9.17, 15) is 27.2 Å². The summed E-state index contributed by atoms with van der Waals surface area (Å²) in [6.07, 6.45) is -1.32. The van der Waals surface area contributed by atoms with Gasteiger partial charge in [0.15, 0.2) is 5.16 Å². The molecular formula is C32H24ClF4N5O2S. The summed E-state index contributed by atoms with van der Waals surface area (Å²) in [5, 5.41) is 3.76. The van der Waals surface area contributed by atoms with Gasteiger partial charge in [-0.2, -0.15) is 18.2 Å². The minimum atomic E-state index is -4.69. The van der Waals surface area contributed by atoms with Crippen molar-refractivity contribution in [2.75, 3.05) is 0 Å². The summed E-state index contributed by atoms with van der Waals surface area (Å²) in [6.45, 7) is 0.0690. The van der Waals surface area contributed by atoms with Crippen LogP contribution in [0.4, 0.5) is 17.6 Å². The topological polar surface area (TPSA) is 89.8 Å². The van der Waals surface area contributed by atoms with Gasteiger partial charge in [0.1, 0.15) is 12.4 Å². The van der Waals surface area contributed by atoms with E-state index in [4.69, 9.17) is 11.6 Å². The van der Waals surface area contributed by atoms with Gasteiger partial charge in [-0.05, 0) is 52.1 Å². The first kappa shape index (κ1) is 31.9. The van der Waals surface area contributed by atoms with Crippen LogP contribution in [0.1, 0.15) is 28.1 Å². The van der Waals surface area contributed by atoms with Crippen LogP contribution in [-0.2, 0) is 36.2 Å². The van der Waals surface area contributed by atoms with Crippen molar-refractivity contribution in [1.82, 2.24) is 24.8 Å². The molecule has 0 spiro atoms. The number of hydrogen-bond donors (Lipinski definition) is 1. The molecule has 2 heterocycles. The van der Waals surface area contributed by atoms with Crippen molar-refractivity contribution in [2.45, 2.75) is 36.6 Å². The van der Waals surface area contributed by atoms with Crippen molar-refractivity contribution in [3.63, 3.8) is 0 Å². The van der Waals surface area contributed by atoms with E-state index in [1.54, 1.807) is 12.1 Å². The number of halogens is 5. The summed E-state index contributed by atoms with van der Waals surface area (Å²) in [7, 11) is 0. The molecule has 1 N–H and O–H groups in total. The minimum absolute atomic E-state index is 0.0888. The van der Waals surface area contributed by atoms with E-state index in [1.807, 2.05) is 48.5 Å². The first-order valence-electron chi connectivity index (χ1n) is 13.5. The van der Waals surface area contributed by atoms with Gasteiger partial charge in [-0.1, -0.05) is 71.9 Å². The molecule has 0 radical (unpaired) electrons. The fourth-order valence-corrected chi connectivity index (χ4v) is 5.33. The fourth-order valence-electron chi connectivity index (χ4n) is 4.28. The molecule has 13 heteroatoms. The van der Waals surface area contributed by atoms with Crippen LogP contribution < -0.4 is 10.9 Å². The third-order valence-corrected chi connectivity index (χ3v) is 7.91. The average Bonchev–Trinajstić information content (AvgIpc) is 3.02. The summed E-state index contributed by atoms with van der Waals surface area (Å²) in [5.41, 5.74) is 3.46. The molecule has 45 heavy (non-hydrogen) atoms. The fraction of sp³-hybridized carbons (Fsp3) is 0.156. The maximum Gasteiger partial charge on any atom is 0.451 e. The van der Waals surface area contributed by atoms with Crippen LogP contribution in [0.25, 0.3) is 11.1 Å². The number of alkyl halides is 3. The highest BCUT2D eigenvalue weighted by Gasteiger charge is 2.34. The van der Waals surface area contributed by atoms with Crippen LogP contribution >= 0.6 is 23.4 Å². The number of hydrogen-bond acceptors (Lipinski definition) is 6. The number of carbonyl (C=O) groups is 1. The quantitative estimate of drug-likeness (QED) is 0.102. The maximum absolute atomic E-state index is 13.3. The van der Waals surface area contributed by atoms with E-state index >= 15 is 0 Å². The van der Waals surface area contributed by atoms with Gasteiger partial charge in [0, 0.05) is 47.9 Å². The summed E-state index contributed by atoms with van der Waals surface area (Å²) in [4.78, 5) is 36.8. The van der Waals surface area contributed by atoms with Gasteiger partial charge in [0.2, 0.25) is 11.7 Å². The highest BCUT2D eigenvalue weighted by atomic mass is 35.5. The Kier molecular flexibility index (Phi) is 9.94. The van der Waals surface area contributed by atoms with Crippen molar-refractivity contribution in [3.8, 4) is 11.1 Å². The SMILES string of the molecule is O=C(Cn1cc(Cc2cnc(C(F)(F)F)nc2)c(=O)nc1SCc1ccc(F)cc1)NCc1ccc(-c2ccc(Cl)cc2)cc1. The molecule has 0 aliphatic heterocycles. The van der Waals surface area contributed by atoms with Gasteiger partial charge < -0.3 is 9.88 Å². The molecule has 0 fully saturated rings. The lowest BCUT2D eigenvalue weighted by molar-refractivity contribution is -0.145. The van der Waals surface area contributed by atoms with Crippen molar-refractivity contribution in [3.05, 3.63) is 141 Å². The first-order chi connectivity index (χ1) is 21.5. The molecular weight excluding hydrogens is 630 g/mol. The molecule has 0 atom stereocenters. The highest BCUT2D eigenvalue weighted by Crippen LogP contribution is 2.26. The highest BCUT2D eigenvalue weighted by molar-refractivity contribution is 7.98. The summed E-state index contributed by atoms with van der Waals surface area (Å²) >= 11 is 7.16. The van der Waals surface area contributed by atoms with Crippen molar-refractivity contribution in [2.24, 2.45) is 0 Å². The summed E-state index contributed by atoms with van der Waals surface area (Å²) in [5.74, 6) is -1.67. The number of carbonyl (C=O) groups excluding carboxylic acids is 1. The van der Waals surface area contributed by atoms with Crippen molar-refractivity contribution >= 4 is 29.3 Å². The van der Waals surface area contributed by atoms with E-state index in [1.165, 1.54) is 34.7 Å². The van der Waals surface area contributed by atoms with Gasteiger partial charge >= 0.3 is 6.18 Å². The molecule has 230 valence electrons. The second-order valence-corrected chi connectivity index (χ2v) is 11.3. The summed E-state index contributed by atoms with van der Waals surface area (Å²) < 4.78 is 53.4. The van der Waals surface area contributed by atoms with Crippen molar-refractivity contribution in [1.29, 1.82) is 0 Å². The zero-order chi connectivity index (χ0) is 32.0. The number of nitrogens with zero attached hydrogens (tertiary/aromatic N) is 4. The molecule has 7 nitrogen and oxygen atoms in total. The molecule has 5 aromatic rings. The number of benzene rings is 3. The number of thioether (sulfide) groups is 1. The lowest BCUT2D eigenvalue weighted by Gasteiger charge is -2.14. The predicted octanol–water partition coefficient (Wildman–Crippen LogP) is 6.71. The van der Waals surface area contributed by atoms with Gasteiger partial charge in [0.25, 0.3) is 5.56 Å². The van der Waals surface area contributed by atoms with Crippen LogP contribution in [0.5, 0.6) is 0 Å². The largest absolute Gasteiger partial charge is 0.451 e. The Morgan fingerprint density at radius 2 is 1.47 bits per heavy atom. The minimum Gasteiger partial charge on any atom is -0.350 e. The van der Waals surface area contributed by atoms with Crippen LogP contribution in [0.2, 0.25) is 5.02 Å². The Morgan fingerprint density at radius 1 is 0.867 bits per heavy atom. The smallest absolute Gasteiger partial charge is 0.350 e. The van der Waals surface area contributed by atoms with Gasteiger partial charge in [-0.3, -0.25) is 9.59 Å². The molecule has 0 aliphatic carbocycles. The van der Waals surface area contributed by atoms with E-state index < -0.39 is 17.6 Å². The molecule has 0 bridgehead atoms. The third-order valence-electron chi connectivity index (χ3n) is 6.60. The summed E-state index contributed by atoms with van der Waals surface area (Å²) in [6, 6.07) is 21.0. The second-order valence-electron chi connectivity index (χ2n) is 9.97. The standard InChI is InChI=1S/C32H24ClF4N5O2S/c33-26-9-7-24(8-10-26)23-5-1-20(2-6-23)14-38-28(43)18-42-17-25(13-22-15-39-30(40-16-22)32(35,36)37)29(44)41-31(42)45-19-21-3-11-27(34)12-4-21/h1-12,15-17H,13-14,18-19H2,(H,38,43).